The summed E-state index contributed by atoms with van der Waals surface area (Å²) in [5.74, 6) is -0.198. The first-order chi connectivity index (χ1) is 14.2. The molecule has 3 rings (SSSR count). The van der Waals surface area contributed by atoms with Crippen molar-refractivity contribution in [3.8, 4) is 0 Å². The minimum atomic E-state index is -3.58. The zero-order valence-electron chi connectivity index (χ0n) is 17.6. The predicted octanol–water partition coefficient (Wildman–Crippen LogP) is 4.68. The van der Waals surface area contributed by atoms with Crippen LogP contribution in [0.4, 0.5) is 5.69 Å². The van der Waals surface area contributed by atoms with Crippen LogP contribution in [-0.2, 0) is 16.6 Å². The second-order valence-electron chi connectivity index (χ2n) is 7.54. The number of rotatable bonds is 6. The van der Waals surface area contributed by atoms with Crippen LogP contribution in [0, 0.1) is 20.8 Å². The molecule has 0 radical (unpaired) electrons. The van der Waals surface area contributed by atoms with E-state index in [2.05, 4.69) is 5.32 Å². The van der Waals surface area contributed by atoms with E-state index in [1.54, 1.807) is 55.6 Å². The largest absolute Gasteiger partial charge is 0.322 e. The third-order valence-electron chi connectivity index (χ3n) is 4.99. The van der Waals surface area contributed by atoms with Crippen molar-refractivity contribution in [3.63, 3.8) is 0 Å². The number of nitrogens with one attached hydrogen (secondary N) is 1. The monoisotopic (exact) mass is 422 g/mol. The van der Waals surface area contributed by atoms with Crippen LogP contribution in [0.2, 0.25) is 0 Å². The molecule has 0 aromatic heterocycles. The highest BCUT2D eigenvalue weighted by Gasteiger charge is 2.20. The molecule has 0 unspecified atom stereocenters. The second-order valence-corrected chi connectivity index (χ2v) is 9.59. The van der Waals surface area contributed by atoms with E-state index in [1.165, 1.54) is 4.31 Å². The number of amides is 1. The minimum absolute atomic E-state index is 0.198. The molecule has 0 spiro atoms. The van der Waals surface area contributed by atoms with Gasteiger partial charge in [-0.25, -0.2) is 8.42 Å². The van der Waals surface area contributed by atoms with Gasteiger partial charge in [0.25, 0.3) is 5.91 Å². The highest BCUT2D eigenvalue weighted by Crippen LogP contribution is 2.19. The predicted molar refractivity (Wildman–Crippen MR) is 120 cm³/mol. The molecule has 0 atom stereocenters. The summed E-state index contributed by atoms with van der Waals surface area (Å²) in [7, 11) is -2.02. The van der Waals surface area contributed by atoms with E-state index in [9.17, 15) is 13.2 Å². The summed E-state index contributed by atoms with van der Waals surface area (Å²) in [6.45, 7) is 6.06. The Labute approximate surface area is 178 Å². The van der Waals surface area contributed by atoms with Crippen LogP contribution in [-0.4, -0.2) is 25.7 Å². The van der Waals surface area contributed by atoms with E-state index in [1.807, 2.05) is 39.0 Å². The Kier molecular flexibility index (Phi) is 6.39. The Bertz CT molecular complexity index is 1150. The van der Waals surface area contributed by atoms with Gasteiger partial charge in [-0.1, -0.05) is 42.0 Å². The number of benzene rings is 3. The molecule has 6 heteroatoms. The van der Waals surface area contributed by atoms with Gasteiger partial charge in [0.05, 0.1) is 4.90 Å². The van der Waals surface area contributed by atoms with Crippen LogP contribution in [0.3, 0.4) is 0 Å². The van der Waals surface area contributed by atoms with E-state index in [-0.39, 0.29) is 17.3 Å². The normalized spacial score (nSPS) is 11.5. The maximum Gasteiger partial charge on any atom is 0.255 e. The first kappa shape index (κ1) is 21.7. The second kappa shape index (κ2) is 8.81. The lowest BCUT2D eigenvalue weighted by molar-refractivity contribution is 0.102. The Balaban J connectivity index is 1.70. The van der Waals surface area contributed by atoms with Gasteiger partial charge in [0.15, 0.2) is 0 Å². The smallest absolute Gasteiger partial charge is 0.255 e. The fourth-order valence-corrected chi connectivity index (χ4v) is 4.22. The summed E-state index contributed by atoms with van der Waals surface area (Å²) >= 11 is 0. The fourth-order valence-electron chi connectivity index (χ4n) is 3.06. The van der Waals surface area contributed by atoms with Gasteiger partial charge in [-0.15, -0.1) is 0 Å². The number of aryl methyl sites for hydroxylation is 3. The standard InChI is InChI=1S/C24H26N2O3S/c1-17-6-13-22(14-7-17)30(28,29)26(4)16-20-9-11-21(12-10-20)24(27)25-23-15-18(2)5-8-19(23)3/h5-15H,16H2,1-4H3,(H,25,27). The van der Waals surface area contributed by atoms with Crippen molar-refractivity contribution in [1.29, 1.82) is 0 Å². The van der Waals surface area contributed by atoms with Gasteiger partial charge in [-0.05, 0) is 67.8 Å². The van der Waals surface area contributed by atoms with Gasteiger partial charge >= 0.3 is 0 Å². The van der Waals surface area contributed by atoms with E-state index < -0.39 is 10.0 Å². The van der Waals surface area contributed by atoms with E-state index in [0.717, 1.165) is 27.9 Å². The van der Waals surface area contributed by atoms with Crippen LogP contribution in [0.25, 0.3) is 0 Å². The number of hydrogen-bond acceptors (Lipinski definition) is 3. The van der Waals surface area contributed by atoms with Crippen LogP contribution >= 0.6 is 0 Å². The number of nitrogens with zero attached hydrogens (tertiary/aromatic N) is 1. The maximum atomic E-state index is 12.7. The van der Waals surface area contributed by atoms with Crippen molar-refractivity contribution in [3.05, 3.63) is 94.5 Å². The molecule has 3 aromatic rings. The summed E-state index contributed by atoms with van der Waals surface area (Å²) in [6.07, 6.45) is 0. The zero-order valence-corrected chi connectivity index (χ0v) is 18.5. The minimum Gasteiger partial charge on any atom is -0.322 e. The highest BCUT2D eigenvalue weighted by atomic mass is 32.2. The Morgan fingerprint density at radius 2 is 1.47 bits per heavy atom. The van der Waals surface area contributed by atoms with Gasteiger partial charge in [-0.3, -0.25) is 4.79 Å². The Morgan fingerprint density at radius 1 is 0.867 bits per heavy atom. The molecule has 1 N–H and O–H groups in total. The molecule has 5 nitrogen and oxygen atoms in total. The molecule has 30 heavy (non-hydrogen) atoms. The van der Waals surface area contributed by atoms with Crippen LogP contribution in [0.1, 0.15) is 32.6 Å². The summed E-state index contributed by atoms with van der Waals surface area (Å²) in [5.41, 5.74) is 5.18. The molecular weight excluding hydrogens is 396 g/mol. The number of carbonyl (C=O) groups is 1. The fraction of sp³-hybridized carbons (Fsp3) is 0.208. The van der Waals surface area contributed by atoms with Gasteiger partial charge in [0, 0.05) is 24.8 Å². The average molecular weight is 423 g/mol. The zero-order chi connectivity index (χ0) is 21.9. The third kappa shape index (κ3) is 4.96. The summed E-state index contributed by atoms with van der Waals surface area (Å²) < 4.78 is 26.8. The highest BCUT2D eigenvalue weighted by molar-refractivity contribution is 7.89. The molecule has 0 aliphatic rings. The molecule has 0 aliphatic carbocycles. The van der Waals surface area contributed by atoms with Crippen molar-refractivity contribution in [2.75, 3.05) is 12.4 Å². The lowest BCUT2D eigenvalue weighted by Crippen LogP contribution is -2.26. The number of anilines is 1. The van der Waals surface area contributed by atoms with Crippen LogP contribution in [0.15, 0.2) is 71.6 Å². The molecule has 156 valence electrons. The SMILES string of the molecule is Cc1ccc(S(=O)(=O)N(C)Cc2ccc(C(=O)Nc3cc(C)ccc3C)cc2)cc1. The first-order valence-corrected chi connectivity index (χ1v) is 11.1. The van der Waals surface area contributed by atoms with E-state index in [0.29, 0.717) is 5.56 Å². The molecule has 0 aliphatic heterocycles. The lowest BCUT2D eigenvalue weighted by Gasteiger charge is -2.17. The van der Waals surface area contributed by atoms with Gasteiger partial charge in [0.2, 0.25) is 10.0 Å². The number of hydrogen-bond donors (Lipinski definition) is 1. The topological polar surface area (TPSA) is 66.5 Å². The quantitative estimate of drug-likeness (QED) is 0.627. The maximum absolute atomic E-state index is 12.7. The van der Waals surface area contributed by atoms with Crippen molar-refractivity contribution in [2.45, 2.75) is 32.2 Å². The Morgan fingerprint density at radius 3 is 2.10 bits per heavy atom. The van der Waals surface area contributed by atoms with Crippen LogP contribution in [0.5, 0.6) is 0 Å². The van der Waals surface area contributed by atoms with Gasteiger partial charge in [0.1, 0.15) is 0 Å². The lowest BCUT2D eigenvalue weighted by atomic mass is 10.1. The van der Waals surface area contributed by atoms with E-state index in [4.69, 9.17) is 0 Å². The molecule has 0 heterocycles. The summed E-state index contributed by atoms with van der Waals surface area (Å²) in [5, 5.41) is 2.93. The summed E-state index contributed by atoms with van der Waals surface area (Å²) in [6, 6.07) is 19.7. The van der Waals surface area contributed by atoms with Crippen molar-refractivity contribution in [2.24, 2.45) is 0 Å². The van der Waals surface area contributed by atoms with Crippen molar-refractivity contribution < 1.29 is 13.2 Å². The van der Waals surface area contributed by atoms with Crippen molar-refractivity contribution >= 4 is 21.6 Å². The molecule has 0 saturated heterocycles. The average Bonchev–Trinajstić information content (AvgIpc) is 2.71. The number of carbonyl (C=O) groups excluding carboxylic acids is 1. The Hall–Kier alpha value is -2.96. The van der Waals surface area contributed by atoms with Crippen LogP contribution < -0.4 is 5.32 Å². The van der Waals surface area contributed by atoms with Crippen molar-refractivity contribution in [1.82, 2.24) is 4.31 Å². The van der Waals surface area contributed by atoms with Gasteiger partial charge in [-0.2, -0.15) is 4.31 Å². The molecule has 0 saturated carbocycles. The molecule has 0 fully saturated rings. The van der Waals surface area contributed by atoms with E-state index >= 15 is 0 Å². The molecule has 1 amide bonds. The third-order valence-corrected chi connectivity index (χ3v) is 6.81. The summed E-state index contributed by atoms with van der Waals surface area (Å²) in [4.78, 5) is 12.8. The van der Waals surface area contributed by atoms with Gasteiger partial charge < -0.3 is 5.32 Å². The number of sulfonamides is 1. The molecule has 0 bridgehead atoms. The first-order valence-electron chi connectivity index (χ1n) is 9.67. The molecular formula is C24H26N2O3S. The molecule has 3 aromatic carbocycles.